The first kappa shape index (κ1) is 17.8. The Bertz CT molecular complexity index is 501. The molecule has 1 aromatic rings. The number of nitrogens with one attached hydrogen (secondary N) is 1. The van der Waals surface area contributed by atoms with Gasteiger partial charge in [-0.3, -0.25) is 4.79 Å². The fourth-order valence-electron chi connectivity index (χ4n) is 3.03. The van der Waals surface area contributed by atoms with Crippen molar-refractivity contribution in [1.29, 1.82) is 0 Å². The molecular weight excluding hydrogens is 292 g/mol. The van der Waals surface area contributed by atoms with Gasteiger partial charge >= 0.3 is 0 Å². The number of hydrogen-bond donors (Lipinski definition) is 2. The van der Waals surface area contributed by atoms with Crippen LogP contribution in [0.5, 0.6) is 5.75 Å². The van der Waals surface area contributed by atoms with E-state index in [1.165, 1.54) is 0 Å². The van der Waals surface area contributed by atoms with Crippen LogP contribution in [0, 0.1) is 5.92 Å². The van der Waals surface area contributed by atoms with Crippen LogP contribution in [0.4, 0.5) is 0 Å². The molecule has 0 bridgehead atoms. The van der Waals surface area contributed by atoms with Gasteiger partial charge in [-0.2, -0.15) is 0 Å². The molecule has 0 spiro atoms. The first-order valence-corrected chi connectivity index (χ1v) is 8.35. The van der Waals surface area contributed by atoms with Crippen LogP contribution in [0.2, 0.25) is 0 Å². The molecule has 2 atom stereocenters. The second kappa shape index (κ2) is 8.31. The summed E-state index contributed by atoms with van der Waals surface area (Å²) in [4.78, 5) is 14.8. The lowest BCUT2D eigenvalue weighted by molar-refractivity contribution is 0.0796. The Morgan fingerprint density at radius 3 is 2.70 bits per heavy atom. The zero-order valence-corrected chi connectivity index (χ0v) is 14.3. The molecule has 2 unspecified atom stereocenters. The van der Waals surface area contributed by atoms with Crippen molar-refractivity contribution in [3.63, 3.8) is 0 Å². The van der Waals surface area contributed by atoms with Crippen molar-refractivity contribution in [2.24, 2.45) is 5.92 Å². The van der Waals surface area contributed by atoms with Crippen LogP contribution < -0.4 is 10.1 Å². The molecule has 1 heterocycles. The van der Waals surface area contributed by atoms with Crippen molar-refractivity contribution in [3.8, 4) is 5.75 Å². The van der Waals surface area contributed by atoms with Gasteiger partial charge in [-0.05, 0) is 49.6 Å². The molecule has 0 saturated carbocycles. The van der Waals surface area contributed by atoms with E-state index in [-0.39, 0.29) is 11.9 Å². The van der Waals surface area contributed by atoms with Gasteiger partial charge in [0.25, 0.3) is 5.91 Å². The number of aliphatic hydroxyl groups is 1. The Labute approximate surface area is 138 Å². The van der Waals surface area contributed by atoms with E-state index in [0.29, 0.717) is 18.0 Å². The van der Waals surface area contributed by atoms with Crippen LogP contribution >= 0.6 is 0 Å². The second-order valence-corrected chi connectivity index (χ2v) is 6.67. The number of methoxy groups -OCH3 is 1. The van der Waals surface area contributed by atoms with Gasteiger partial charge in [0.05, 0.1) is 19.3 Å². The predicted molar refractivity (Wildman–Crippen MR) is 90.8 cm³/mol. The fourth-order valence-corrected chi connectivity index (χ4v) is 3.03. The molecule has 5 heteroatoms. The topological polar surface area (TPSA) is 61.8 Å². The minimum atomic E-state index is -0.491. The molecule has 1 amide bonds. The predicted octanol–water partition coefficient (Wildman–Crippen LogP) is 1.91. The Morgan fingerprint density at radius 2 is 2.09 bits per heavy atom. The molecule has 1 saturated heterocycles. The van der Waals surface area contributed by atoms with Gasteiger partial charge in [0.2, 0.25) is 0 Å². The lowest BCUT2D eigenvalue weighted by atomic mass is 10.1. The zero-order chi connectivity index (χ0) is 16.8. The maximum absolute atomic E-state index is 12.4. The van der Waals surface area contributed by atoms with Gasteiger partial charge in [-0.25, -0.2) is 0 Å². The summed E-state index contributed by atoms with van der Waals surface area (Å²) in [6.07, 6.45) is 1.19. The van der Waals surface area contributed by atoms with Crippen LogP contribution in [0.1, 0.15) is 37.0 Å². The third-order valence-electron chi connectivity index (χ3n) is 4.19. The molecule has 1 fully saturated rings. The Morgan fingerprint density at radius 1 is 1.39 bits per heavy atom. The molecular formula is C18H28N2O3. The van der Waals surface area contributed by atoms with E-state index >= 15 is 0 Å². The highest BCUT2D eigenvalue weighted by Gasteiger charge is 2.27. The maximum atomic E-state index is 12.4. The number of benzene rings is 1. The molecule has 0 radical (unpaired) electrons. The van der Waals surface area contributed by atoms with E-state index in [2.05, 4.69) is 24.1 Å². The number of likely N-dealkylation sites (tertiary alicyclic amines) is 1. The van der Waals surface area contributed by atoms with E-state index in [4.69, 9.17) is 4.74 Å². The molecule has 0 aromatic heterocycles. The van der Waals surface area contributed by atoms with E-state index in [9.17, 15) is 9.90 Å². The van der Waals surface area contributed by atoms with Gasteiger partial charge in [0.1, 0.15) is 5.75 Å². The number of hydrogen-bond acceptors (Lipinski definition) is 4. The number of rotatable bonds is 5. The van der Waals surface area contributed by atoms with E-state index in [0.717, 1.165) is 31.7 Å². The normalized spacial score (nSPS) is 22.7. The lowest BCUT2D eigenvalue weighted by Crippen LogP contribution is -2.49. The van der Waals surface area contributed by atoms with Gasteiger partial charge in [-0.1, -0.05) is 13.8 Å². The molecule has 5 nitrogen and oxygen atoms in total. The van der Waals surface area contributed by atoms with E-state index in [1.54, 1.807) is 31.4 Å². The van der Waals surface area contributed by atoms with Crippen LogP contribution in [0.25, 0.3) is 0 Å². The van der Waals surface area contributed by atoms with Gasteiger partial charge in [0, 0.05) is 18.7 Å². The highest BCUT2D eigenvalue weighted by molar-refractivity contribution is 5.94. The maximum Gasteiger partial charge on any atom is 0.251 e. The van der Waals surface area contributed by atoms with Crippen LogP contribution in [0.3, 0.4) is 0 Å². The number of amides is 1. The van der Waals surface area contributed by atoms with Crippen molar-refractivity contribution >= 4 is 5.91 Å². The summed E-state index contributed by atoms with van der Waals surface area (Å²) in [6, 6.07) is 6.78. The van der Waals surface area contributed by atoms with E-state index in [1.807, 2.05) is 0 Å². The van der Waals surface area contributed by atoms with Gasteiger partial charge in [-0.15, -0.1) is 0 Å². The molecule has 2 N–H and O–H groups in total. The van der Waals surface area contributed by atoms with Crippen molar-refractivity contribution in [2.45, 2.75) is 38.8 Å². The first-order chi connectivity index (χ1) is 11.0. The zero-order valence-electron chi connectivity index (χ0n) is 14.3. The molecule has 1 aliphatic heterocycles. The molecule has 1 aliphatic rings. The largest absolute Gasteiger partial charge is 0.497 e. The van der Waals surface area contributed by atoms with Crippen molar-refractivity contribution < 1.29 is 14.6 Å². The summed E-state index contributed by atoms with van der Waals surface area (Å²) in [6.45, 7) is 7.03. The van der Waals surface area contributed by atoms with Crippen LogP contribution in [0.15, 0.2) is 24.3 Å². The quantitative estimate of drug-likeness (QED) is 0.870. The summed E-state index contributed by atoms with van der Waals surface area (Å²) < 4.78 is 5.11. The van der Waals surface area contributed by atoms with Crippen molar-refractivity contribution in [3.05, 3.63) is 29.8 Å². The molecule has 1 aromatic carbocycles. The summed E-state index contributed by atoms with van der Waals surface area (Å²) in [5.74, 6) is 1.14. The van der Waals surface area contributed by atoms with Crippen molar-refractivity contribution in [2.75, 3.05) is 26.7 Å². The summed E-state index contributed by atoms with van der Waals surface area (Å²) in [5, 5.41) is 13.3. The standard InChI is InChI=1S/C18H28N2O3/c1-13(2)11-20-10-4-5-17(21)16(12-20)19-18(22)14-6-8-15(23-3)9-7-14/h6-9,13,16-17,21H,4-5,10-12H2,1-3H3,(H,19,22). The third kappa shape index (κ3) is 5.22. The van der Waals surface area contributed by atoms with Gasteiger partial charge in [0.15, 0.2) is 0 Å². The minimum Gasteiger partial charge on any atom is -0.497 e. The second-order valence-electron chi connectivity index (χ2n) is 6.67. The van der Waals surface area contributed by atoms with Gasteiger partial charge < -0.3 is 20.1 Å². The molecule has 23 heavy (non-hydrogen) atoms. The summed E-state index contributed by atoms with van der Waals surface area (Å²) in [7, 11) is 1.60. The third-order valence-corrected chi connectivity index (χ3v) is 4.19. The Kier molecular flexibility index (Phi) is 6.42. The number of ether oxygens (including phenoxy) is 1. The minimum absolute atomic E-state index is 0.150. The summed E-state index contributed by atoms with van der Waals surface area (Å²) >= 11 is 0. The lowest BCUT2D eigenvalue weighted by Gasteiger charge is -2.28. The van der Waals surface area contributed by atoms with Crippen molar-refractivity contribution in [1.82, 2.24) is 10.2 Å². The highest BCUT2D eigenvalue weighted by atomic mass is 16.5. The number of nitrogens with zero attached hydrogens (tertiary/aromatic N) is 1. The first-order valence-electron chi connectivity index (χ1n) is 8.35. The Balaban J connectivity index is 2.00. The highest BCUT2D eigenvalue weighted by Crippen LogP contribution is 2.15. The monoisotopic (exact) mass is 320 g/mol. The van der Waals surface area contributed by atoms with Crippen LogP contribution in [-0.4, -0.2) is 54.8 Å². The smallest absolute Gasteiger partial charge is 0.251 e. The number of carbonyl (C=O) groups excluding carboxylic acids is 1. The molecule has 128 valence electrons. The SMILES string of the molecule is COc1ccc(C(=O)NC2CN(CC(C)C)CCCC2O)cc1. The molecule has 0 aliphatic carbocycles. The fraction of sp³-hybridized carbons (Fsp3) is 0.611. The van der Waals surface area contributed by atoms with Crippen LogP contribution in [-0.2, 0) is 0 Å². The van der Waals surface area contributed by atoms with E-state index < -0.39 is 6.10 Å². The average Bonchev–Trinajstić information content (AvgIpc) is 2.69. The summed E-state index contributed by atoms with van der Waals surface area (Å²) in [5.41, 5.74) is 0.581. The average molecular weight is 320 g/mol. The number of carbonyl (C=O) groups is 1. The Hall–Kier alpha value is -1.59. The molecule has 2 rings (SSSR count). The number of aliphatic hydroxyl groups excluding tert-OH is 1.